The Bertz CT molecular complexity index is 536. The molecule has 5 heteroatoms. The van der Waals surface area contributed by atoms with E-state index in [0.29, 0.717) is 0 Å². The second-order valence-electron chi connectivity index (χ2n) is 4.35. The van der Waals surface area contributed by atoms with Crippen LogP contribution in [0.2, 0.25) is 0 Å². The predicted molar refractivity (Wildman–Crippen MR) is 68.3 cm³/mol. The van der Waals surface area contributed by atoms with Crippen molar-refractivity contribution in [3.8, 4) is 0 Å². The van der Waals surface area contributed by atoms with Crippen LogP contribution in [0.15, 0.2) is 41.7 Å². The molecule has 19 heavy (non-hydrogen) atoms. The number of amides is 1. The highest BCUT2D eigenvalue weighted by Gasteiger charge is 2.41. The molecule has 0 radical (unpaired) electrons. The summed E-state index contributed by atoms with van der Waals surface area (Å²) in [6.45, 7) is 1.16. The van der Waals surface area contributed by atoms with Crippen LogP contribution in [0.3, 0.4) is 0 Å². The SMILES string of the molecule is CC(=O)C1=C(O)C(=O)N(CCO)[C@H]1c1ccccc1. The number of carbonyl (C=O) groups is 2. The van der Waals surface area contributed by atoms with Gasteiger partial charge in [0, 0.05) is 6.54 Å². The number of β-amino-alcohol motifs (C(OH)–C–C–N with tert-alkyl or cyclic N) is 1. The van der Waals surface area contributed by atoms with Crippen molar-refractivity contribution in [2.45, 2.75) is 13.0 Å². The smallest absolute Gasteiger partial charge is 0.290 e. The minimum absolute atomic E-state index is 0.0687. The lowest BCUT2D eigenvalue weighted by Crippen LogP contribution is -2.33. The lowest BCUT2D eigenvalue weighted by Gasteiger charge is -2.25. The first-order valence-corrected chi connectivity index (χ1v) is 5.98. The molecule has 2 rings (SSSR count). The number of nitrogens with zero attached hydrogens (tertiary/aromatic N) is 1. The normalized spacial score (nSPS) is 19.2. The topological polar surface area (TPSA) is 77.8 Å². The monoisotopic (exact) mass is 261 g/mol. The van der Waals surface area contributed by atoms with Crippen molar-refractivity contribution >= 4 is 11.7 Å². The zero-order valence-electron chi connectivity index (χ0n) is 10.5. The van der Waals surface area contributed by atoms with Crippen molar-refractivity contribution in [2.24, 2.45) is 0 Å². The maximum absolute atomic E-state index is 11.9. The molecule has 0 saturated heterocycles. The minimum atomic E-state index is -0.627. The Morgan fingerprint density at radius 2 is 1.95 bits per heavy atom. The number of benzene rings is 1. The maximum Gasteiger partial charge on any atom is 0.290 e. The Morgan fingerprint density at radius 3 is 2.47 bits per heavy atom. The van der Waals surface area contributed by atoms with E-state index in [9.17, 15) is 14.7 Å². The van der Waals surface area contributed by atoms with E-state index in [0.717, 1.165) is 5.56 Å². The summed E-state index contributed by atoms with van der Waals surface area (Å²) >= 11 is 0. The second kappa shape index (κ2) is 5.24. The number of rotatable bonds is 4. The second-order valence-corrected chi connectivity index (χ2v) is 4.35. The molecule has 1 aliphatic heterocycles. The van der Waals surface area contributed by atoms with Crippen molar-refractivity contribution in [1.29, 1.82) is 0 Å². The highest BCUT2D eigenvalue weighted by atomic mass is 16.3. The van der Waals surface area contributed by atoms with Crippen LogP contribution >= 0.6 is 0 Å². The lowest BCUT2D eigenvalue weighted by molar-refractivity contribution is -0.129. The van der Waals surface area contributed by atoms with E-state index < -0.39 is 17.7 Å². The van der Waals surface area contributed by atoms with Gasteiger partial charge in [0.25, 0.3) is 5.91 Å². The zero-order chi connectivity index (χ0) is 14.0. The molecule has 5 nitrogen and oxygen atoms in total. The van der Waals surface area contributed by atoms with Crippen molar-refractivity contribution in [3.05, 3.63) is 47.2 Å². The summed E-state index contributed by atoms with van der Waals surface area (Å²) in [5, 5.41) is 18.9. The third-order valence-corrected chi connectivity index (χ3v) is 3.14. The Balaban J connectivity index is 2.51. The molecule has 1 amide bonds. The van der Waals surface area contributed by atoms with E-state index in [1.807, 2.05) is 6.07 Å². The van der Waals surface area contributed by atoms with Crippen LogP contribution in [0.1, 0.15) is 18.5 Å². The van der Waals surface area contributed by atoms with Gasteiger partial charge in [-0.25, -0.2) is 0 Å². The zero-order valence-corrected chi connectivity index (χ0v) is 10.5. The van der Waals surface area contributed by atoms with Crippen LogP contribution < -0.4 is 0 Å². The largest absolute Gasteiger partial charge is 0.503 e. The molecule has 0 spiro atoms. The number of hydrogen-bond acceptors (Lipinski definition) is 4. The molecule has 2 N–H and O–H groups in total. The van der Waals surface area contributed by atoms with Gasteiger partial charge in [-0.05, 0) is 12.5 Å². The fraction of sp³-hybridized carbons (Fsp3) is 0.286. The number of hydrogen-bond donors (Lipinski definition) is 2. The molecule has 1 aromatic rings. The summed E-state index contributed by atoms with van der Waals surface area (Å²) in [6.07, 6.45) is 0. The number of Topliss-reactive ketones (excluding diaryl/α,β-unsaturated/α-hetero) is 1. The number of aliphatic hydroxyl groups excluding tert-OH is 2. The fourth-order valence-electron chi connectivity index (χ4n) is 2.33. The highest BCUT2D eigenvalue weighted by molar-refractivity contribution is 6.08. The molecular weight excluding hydrogens is 246 g/mol. The van der Waals surface area contributed by atoms with Gasteiger partial charge in [-0.3, -0.25) is 9.59 Å². The molecule has 0 fully saturated rings. The summed E-state index contributed by atoms with van der Waals surface area (Å²) < 4.78 is 0. The summed E-state index contributed by atoms with van der Waals surface area (Å²) in [6, 6.07) is 8.36. The number of carbonyl (C=O) groups excluding carboxylic acids is 2. The molecule has 100 valence electrons. The molecular formula is C14H15NO4. The lowest BCUT2D eigenvalue weighted by atomic mass is 9.97. The van der Waals surface area contributed by atoms with Crippen LogP contribution in [0.25, 0.3) is 0 Å². The summed E-state index contributed by atoms with van der Waals surface area (Å²) in [7, 11) is 0. The molecule has 0 aliphatic carbocycles. The fourth-order valence-corrected chi connectivity index (χ4v) is 2.33. The first-order chi connectivity index (χ1) is 9.07. The van der Waals surface area contributed by atoms with Crippen LogP contribution in [-0.4, -0.2) is 40.0 Å². The van der Waals surface area contributed by atoms with E-state index in [2.05, 4.69) is 0 Å². The maximum atomic E-state index is 11.9. The third-order valence-electron chi connectivity index (χ3n) is 3.14. The average Bonchev–Trinajstić information content (AvgIpc) is 2.65. The molecule has 1 heterocycles. The van der Waals surface area contributed by atoms with Crippen molar-refractivity contribution in [1.82, 2.24) is 4.90 Å². The van der Waals surface area contributed by atoms with Crippen LogP contribution in [0.4, 0.5) is 0 Å². The molecule has 0 unspecified atom stereocenters. The van der Waals surface area contributed by atoms with E-state index in [1.165, 1.54) is 11.8 Å². The first-order valence-electron chi connectivity index (χ1n) is 5.98. The van der Waals surface area contributed by atoms with Gasteiger partial charge >= 0.3 is 0 Å². The van der Waals surface area contributed by atoms with Gasteiger partial charge in [0.1, 0.15) is 0 Å². The van der Waals surface area contributed by atoms with Crippen LogP contribution in [0, 0.1) is 0 Å². The van der Waals surface area contributed by atoms with E-state index >= 15 is 0 Å². The summed E-state index contributed by atoms with van der Waals surface area (Å²) in [5.74, 6) is -1.48. The third kappa shape index (κ3) is 2.24. The Hall–Kier alpha value is -2.14. The first kappa shape index (κ1) is 13.3. The minimum Gasteiger partial charge on any atom is -0.503 e. The molecule has 1 aromatic carbocycles. The van der Waals surface area contributed by atoms with Crippen LogP contribution in [0.5, 0.6) is 0 Å². The van der Waals surface area contributed by atoms with Gasteiger partial charge in [0.2, 0.25) is 0 Å². The predicted octanol–water partition coefficient (Wildman–Crippen LogP) is 0.963. The Kier molecular flexibility index (Phi) is 3.66. The highest BCUT2D eigenvalue weighted by Crippen LogP contribution is 2.37. The number of ketones is 1. The number of aliphatic hydroxyl groups is 2. The van der Waals surface area contributed by atoms with Gasteiger partial charge in [-0.2, -0.15) is 0 Å². The van der Waals surface area contributed by atoms with Gasteiger partial charge in [0.05, 0.1) is 18.2 Å². The molecule has 0 bridgehead atoms. The van der Waals surface area contributed by atoms with Crippen molar-refractivity contribution in [3.63, 3.8) is 0 Å². The van der Waals surface area contributed by atoms with Gasteiger partial charge in [0.15, 0.2) is 11.5 Å². The summed E-state index contributed by atoms with van der Waals surface area (Å²) in [4.78, 5) is 24.9. The molecule has 1 aliphatic rings. The molecule has 1 atom stereocenters. The molecule has 0 saturated carbocycles. The quantitative estimate of drug-likeness (QED) is 0.846. The summed E-state index contributed by atoms with van der Waals surface area (Å²) in [5.41, 5.74) is 0.822. The molecule has 0 aromatic heterocycles. The van der Waals surface area contributed by atoms with E-state index in [1.54, 1.807) is 24.3 Å². The van der Waals surface area contributed by atoms with Gasteiger partial charge in [-0.15, -0.1) is 0 Å². The van der Waals surface area contributed by atoms with E-state index in [-0.39, 0.29) is 24.5 Å². The Labute approximate surface area is 110 Å². The van der Waals surface area contributed by atoms with Crippen LogP contribution in [-0.2, 0) is 9.59 Å². The Morgan fingerprint density at radius 1 is 1.32 bits per heavy atom. The van der Waals surface area contributed by atoms with Crippen molar-refractivity contribution in [2.75, 3.05) is 13.2 Å². The standard InChI is InChI=1S/C14H15NO4/c1-9(17)11-12(10-5-3-2-4-6-10)15(7-8-16)14(19)13(11)18/h2-6,12,16,18H,7-8H2,1H3/t12-/m0/s1. The van der Waals surface area contributed by atoms with Gasteiger partial charge < -0.3 is 15.1 Å². The van der Waals surface area contributed by atoms with Gasteiger partial charge in [-0.1, -0.05) is 30.3 Å². The van der Waals surface area contributed by atoms with E-state index in [4.69, 9.17) is 5.11 Å². The van der Waals surface area contributed by atoms with Crippen molar-refractivity contribution < 1.29 is 19.8 Å². The average molecular weight is 261 g/mol.